The predicted molar refractivity (Wildman–Crippen MR) is 144 cm³/mol. The summed E-state index contributed by atoms with van der Waals surface area (Å²) in [6.45, 7) is 6.98. The smallest absolute Gasteiger partial charge is 0.245 e. The first-order valence-corrected chi connectivity index (χ1v) is 13.8. The van der Waals surface area contributed by atoms with Crippen LogP contribution in [0.25, 0.3) is 16.8 Å². The predicted octanol–water partition coefficient (Wildman–Crippen LogP) is 3.79. The quantitative estimate of drug-likeness (QED) is 0.305. The van der Waals surface area contributed by atoms with E-state index in [0.717, 1.165) is 41.1 Å². The maximum atomic E-state index is 12.9. The third-order valence-corrected chi connectivity index (χ3v) is 8.12. The molecule has 0 aliphatic carbocycles. The molecule has 0 saturated carbocycles. The van der Waals surface area contributed by atoms with Crippen molar-refractivity contribution in [1.29, 1.82) is 0 Å². The van der Waals surface area contributed by atoms with Gasteiger partial charge in [0.25, 0.3) is 0 Å². The zero-order valence-corrected chi connectivity index (χ0v) is 22.0. The summed E-state index contributed by atoms with van der Waals surface area (Å²) in [7, 11) is -3.68. The van der Waals surface area contributed by atoms with Crippen LogP contribution < -0.4 is 15.4 Å². The molecule has 0 atom stereocenters. The number of sulfonamides is 1. The number of hydrogen-bond acceptors (Lipinski definition) is 7. The van der Waals surface area contributed by atoms with Gasteiger partial charge in [-0.15, -0.1) is 5.10 Å². The van der Waals surface area contributed by atoms with Crippen molar-refractivity contribution in [3.63, 3.8) is 0 Å². The minimum atomic E-state index is -3.68. The average Bonchev–Trinajstić information content (AvgIpc) is 3.27. The first-order valence-electron chi connectivity index (χ1n) is 12.3. The van der Waals surface area contributed by atoms with Crippen LogP contribution in [0.1, 0.15) is 39.2 Å². The molecule has 1 aliphatic heterocycles. The Hall–Kier alpha value is -3.31. The largest absolute Gasteiger partial charge is 0.385 e. The molecule has 4 N–H and O–H groups in total. The van der Waals surface area contributed by atoms with E-state index < -0.39 is 21.2 Å². The van der Waals surface area contributed by atoms with Crippen LogP contribution in [0.4, 0.5) is 11.6 Å². The Kier molecular flexibility index (Phi) is 6.53. The molecule has 1 fully saturated rings. The number of rotatable bonds is 6. The molecule has 9 nitrogen and oxygen atoms in total. The van der Waals surface area contributed by atoms with Crippen molar-refractivity contribution >= 4 is 27.2 Å². The van der Waals surface area contributed by atoms with Gasteiger partial charge in [0, 0.05) is 16.8 Å². The van der Waals surface area contributed by atoms with Crippen LogP contribution >= 0.6 is 0 Å². The van der Waals surface area contributed by atoms with Crippen molar-refractivity contribution in [2.75, 3.05) is 18.4 Å². The molecule has 1 aliphatic rings. The summed E-state index contributed by atoms with van der Waals surface area (Å²) < 4.78 is 30.2. The van der Waals surface area contributed by atoms with Crippen LogP contribution in [-0.4, -0.2) is 46.8 Å². The van der Waals surface area contributed by atoms with Crippen LogP contribution in [0.5, 0.6) is 0 Å². The monoisotopic (exact) mass is 520 g/mol. The molecule has 10 heteroatoms. The molecule has 4 aromatic rings. The molecule has 1 saturated heterocycles. The van der Waals surface area contributed by atoms with Crippen LogP contribution in [0.15, 0.2) is 71.8 Å². The van der Waals surface area contributed by atoms with Crippen molar-refractivity contribution in [3.8, 4) is 11.3 Å². The molecule has 0 bridgehead atoms. The van der Waals surface area contributed by atoms with Gasteiger partial charge in [-0.05, 0) is 88.7 Å². The van der Waals surface area contributed by atoms with Gasteiger partial charge in [-0.3, -0.25) is 0 Å². The van der Waals surface area contributed by atoms with Crippen LogP contribution in [0, 0.1) is 0 Å². The summed E-state index contributed by atoms with van der Waals surface area (Å²) in [5, 5.41) is 22.3. The summed E-state index contributed by atoms with van der Waals surface area (Å²) in [6.07, 6.45) is 3.03. The molecule has 2 aromatic carbocycles. The highest BCUT2D eigenvalue weighted by molar-refractivity contribution is 7.89. The fourth-order valence-corrected chi connectivity index (χ4v) is 6.07. The van der Waals surface area contributed by atoms with Gasteiger partial charge in [0.05, 0.1) is 27.9 Å². The third kappa shape index (κ3) is 5.52. The Labute approximate surface area is 217 Å². The van der Waals surface area contributed by atoms with Gasteiger partial charge in [0.1, 0.15) is 0 Å². The summed E-state index contributed by atoms with van der Waals surface area (Å²) in [4.78, 5) is 4.63. The summed E-state index contributed by atoms with van der Waals surface area (Å²) in [5.41, 5.74) is 2.43. The van der Waals surface area contributed by atoms with E-state index >= 15 is 0 Å². The molecule has 37 heavy (non-hydrogen) atoms. The normalized spacial score (nSPS) is 16.1. The van der Waals surface area contributed by atoms with E-state index in [9.17, 15) is 13.5 Å². The van der Waals surface area contributed by atoms with Crippen molar-refractivity contribution in [2.45, 2.75) is 49.6 Å². The number of nitrogens with one attached hydrogen (secondary N) is 3. The standard InChI is InChI=1S/C27H32N6O3S/c1-26(2,3)32-37(35,36)23-9-4-6-19(16-23)24-11-10-22-18-29-25(31-33(22)24)30-21-8-5-7-20(17-21)27(34)12-14-28-15-13-27/h4-11,16-18,28,32,34H,12-15H2,1-3H3,(H,30,31). The second kappa shape index (κ2) is 9.53. The van der Waals surface area contributed by atoms with E-state index in [4.69, 9.17) is 0 Å². The number of anilines is 2. The Morgan fingerprint density at radius 1 is 1.03 bits per heavy atom. The Morgan fingerprint density at radius 3 is 2.54 bits per heavy atom. The van der Waals surface area contributed by atoms with Gasteiger partial charge in [-0.1, -0.05) is 24.3 Å². The lowest BCUT2D eigenvalue weighted by Crippen LogP contribution is -2.40. The topological polar surface area (TPSA) is 121 Å². The Balaban J connectivity index is 1.45. The number of aromatic nitrogens is 3. The molecule has 0 spiro atoms. The van der Waals surface area contributed by atoms with E-state index in [2.05, 4.69) is 25.4 Å². The Morgan fingerprint density at radius 2 is 1.78 bits per heavy atom. The van der Waals surface area contributed by atoms with Crippen molar-refractivity contribution < 1.29 is 13.5 Å². The van der Waals surface area contributed by atoms with Crippen LogP contribution in [-0.2, 0) is 15.6 Å². The second-order valence-electron chi connectivity index (χ2n) is 10.5. The molecule has 0 radical (unpaired) electrons. The molecular formula is C27H32N6O3S. The number of benzene rings is 2. The van der Waals surface area contributed by atoms with Gasteiger partial charge in [0.2, 0.25) is 16.0 Å². The zero-order valence-electron chi connectivity index (χ0n) is 21.2. The fourth-order valence-electron chi connectivity index (χ4n) is 4.61. The molecule has 0 amide bonds. The lowest BCUT2D eigenvalue weighted by Gasteiger charge is -2.33. The van der Waals surface area contributed by atoms with Gasteiger partial charge < -0.3 is 15.7 Å². The summed E-state index contributed by atoms with van der Waals surface area (Å²) in [5.74, 6) is 0.387. The first-order chi connectivity index (χ1) is 17.5. The highest BCUT2D eigenvalue weighted by Crippen LogP contribution is 2.32. The lowest BCUT2D eigenvalue weighted by molar-refractivity contribution is 0.00598. The number of aliphatic hydroxyl groups is 1. The third-order valence-electron chi connectivity index (χ3n) is 6.37. The lowest BCUT2D eigenvalue weighted by atomic mass is 9.85. The maximum Gasteiger partial charge on any atom is 0.245 e. The fraction of sp³-hybridized carbons (Fsp3) is 0.333. The molecule has 194 valence electrons. The second-order valence-corrected chi connectivity index (χ2v) is 12.2. The van der Waals surface area contributed by atoms with Crippen molar-refractivity contribution in [3.05, 3.63) is 72.4 Å². The van der Waals surface area contributed by atoms with E-state index in [-0.39, 0.29) is 4.90 Å². The molecule has 3 heterocycles. The Bertz CT molecular complexity index is 1540. The highest BCUT2D eigenvalue weighted by atomic mass is 32.2. The average molecular weight is 521 g/mol. The highest BCUT2D eigenvalue weighted by Gasteiger charge is 2.31. The number of nitrogens with zero attached hydrogens (tertiary/aromatic N) is 3. The first kappa shape index (κ1) is 25.3. The van der Waals surface area contributed by atoms with Gasteiger partial charge in [-0.25, -0.2) is 22.6 Å². The summed E-state index contributed by atoms with van der Waals surface area (Å²) in [6, 6.07) is 18.3. The molecule has 0 unspecified atom stereocenters. The van der Waals surface area contributed by atoms with Gasteiger partial charge >= 0.3 is 0 Å². The molecular weight excluding hydrogens is 488 g/mol. The minimum Gasteiger partial charge on any atom is -0.385 e. The van der Waals surface area contributed by atoms with E-state index in [0.29, 0.717) is 18.8 Å². The summed E-state index contributed by atoms with van der Waals surface area (Å²) >= 11 is 0. The van der Waals surface area contributed by atoms with Crippen LogP contribution in [0.2, 0.25) is 0 Å². The molecule has 2 aromatic heterocycles. The minimum absolute atomic E-state index is 0.190. The van der Waals surface area contributed by atoms with E-state index in [1.807, 2.05) is 63.2 Å². The molecule has 5 rings (SSSR count). The number of fused-ring (bicyclic) bond motifs is 1. The number of hydrogen-bond donors (Lipinski definition) is 4. The van der Waals surface area contributed by atoms with Crippen molar-refractivity contribution in [1.82, 2.24) is 24.6 Å². The van der Waals surface area contributed by atoms with E-state index in [1.165, 1.54) is 0 Å². The van der Waals surface area contributed by atoms with Gasteiger partial charge in [-0.2, -0.15) is 0 Å². The SMILES string of the molecule is CC(C)(C)NS(=O)(=O)c1cccc(-c2ccc3cnc(Nc4cccc(C5(O)CCNCC5)c4)nn23)c1. The number of piperidine rings is 1. The van der Waals surface area contributed by atoms with Gasteiger partial charge in [0.15, 0.2) is 0 Å². The van der Waals surface area contributed by atoms with Crippen LogP contribution in [0.3, 0.4) is 0 Å². The van der Waals surface area contributed by atoms with E-state index in [1.54, 1.807) is 28.9 Å². The maximum absolute atomic E-state index is 12.9. The van der Waals surface area contributed by atoms with Crippen molar-refractivity contribution in [2.24, 2.45) is 0 Å². The zero-order chi connectivity index (χ0) is 26.3.